The molecule has 0 atom stereocenters. The molecule has 1 saturated heterocycles. The molecule has 0 saturated carbocycles. The second kappa shape index (κ2) is 18.6. The minimum atomic E-state index is 0.845. The van der Waals surface area contributed by atoms with Crippen LogP contribution in [0.2, 0.25) is 0 Å². The Hall–Kier alpha value is -6.82. The average Bonchev–Trinajstić information content (AvgIpc) is 3.85. The van der Waals surface area contributed by atoms with Crippen molar-refractivity contribution < 1.29 is 9.13 Å². The van der Waals surface area contributed by atoms with Crippen molar-refractivity contribution in [2.24, 2.45) is 14.1 Å². The molecule has 3 aliphatic rings. The van der Waals surface area contributed by atoms with Crippen molar-refractivity contribution >= 4 is 89.2 Å². The summed E-state index contributed by atoms with van der Waals surface area (Å²) in [4.78, 5) is 10.1. The maximum atomic E-state index is 3.91. The molecule has 0 radical (unpaired) electrons. The molecule has 0 spiro atoms. The molecule has 5 heterocycles. The van der Waals surface area contributed by atoms with Crippen LogP contribution >= 0.6 is 22.7 Å². The van der Waals surface area contributed by atoms with Gasteiger partial charge in [-0.1, -0.05) is 120 Å². The van der Waals surface area contributed by atoms with Crippen LogP contribution in [0, 0.1) is 0 Å². The van der Waals surface area contributed by atoms with Gasteiger partial charge in [0.15, 0.2) is 0 Å². The van der Waals surface area contributed by atoms with E-state index < -0.39 is 0 Å². The van der Waals surface area contributed by atoms with E-state index in [0.717, 1.165) is 63.7 Å². The van der Waals surface area contributed by atoms with Crippen LogP contribution in [-0.2, 0) is 14.1 Å². The number of rotatable bonds is 6. The zero-order valence-corrected chi connectivity index (χ0v) is 39.1. The fourth-order valence-electron chi connectivity index (χ4n) is 9.58. The Morgan fingerprint density at radius 3 is 1.21 bits per heavy atom. The zero-order chi connectivity index (χ0) is 44.4. The average molecular weight is 903 g/mol. The fraction of sp³-hybridized carbons (Fsp3) is 0.179. The van der Waals surface area contributed by atoms with E-state index >= 15 is 0 Å². The Bertz CT molecular complexity index is 2940. The molecule has 0 aliphatic carbocycles. The van der Waals surface area contributed by atoms with Gasteiger partial charge in [-0.15, -0.1) is 0 Å². The van der Waals surface area contributed by atoms with Crippen molar-refractivity contribution in [3.05, 3.63) is 203 Å². The smallest absolute Gasteiger partial charge is 0.263 e. The van der Waals surface area contributed by atoms with Gasteiger partial charge in [0, 0.05) is 99.1 Å². The molecule has 66 heavy (non-hydrogen) atoms. The second-order valence-electron chi connectivity index (χ2n) is 17.0. The molecule has 3 aliphatic heterocycles. The minimum absolute atomic E-state index is 0.845. The van der Waals surface area contributed by atoms with Crippen LogP contribution in [0.15, 0.2) is 182 Å². The monoisotopic (exact) mass is 902 g/mol. The molecular weight excluding hydrogens is 849 g/mol. The SMILES string of the molecule is C[n+]1c(/C=C2\C=C(N3CCNCCN(C4=C/C(=C\c5sc6ccccc6[n+]5C)c5ccccc5N4c4ccccc4)CCNCC3)N(c3ccccc3)c3ccccc32)sc2ccccc21. The third-order valence-electron chi connectivity index (χ3n) is 13.0. The third-order valence-corrected chi connectivity index (χ3v) is 15.3. The molecular formula is C56H54N8S2+2. The summed E-state index contributed by atoms with van der Waals surface area (Å²) < 4.78 is 7.23. The highest BCUT2D eigenvalue weighted by atomic mass is 32.1. The van der Waals surface area contributed by atoms with Gasteiger partial charge in [0.2, 0.25) is 11.0 Å². The summed E-state index contributed by atoms with van der Waals surface area (Å²) in [7, 11) is 4.36. The first-order chi connectivity index (χ1) is 32.6. The Morgan fingerprint density at radius 2 is 0.803 bits per heavy atom. The quantitative estimate of drug-likeness (QED) is 0.162. The van der Waals surface area contributed by atoms with Crippen LogP contribution in [0.3, 0.4) is 0 Å². The molecule has 10 heteroatoms. The zero-order valence-electron chi connectivity index (χ0n) is 37.5. The van der Waals surface area contributed by atoms with Gasteiger partial charge in [0.05, 0.1) is 11.4 Å². The predicted octanol–water partition coefficient (Wildman–Crippen LogP) is 10.3. The van der Waals surface area contributed by atoms with Crippen molar-refractivity contribution in [3.8, 4) is 0 Å². The third kappa shape index (κ3) is 8.11. The number of aromatic nitrogens is 2. The molecule has 1 fully saturated rings. The van der Waals surface area contributed by atoms with Gasteiger partial charge < -0.3 is 20.4 Å². The number of anilines is 4. The normalized spacial score (nSPS) is 17.4. The Kier molecular flexibility index (Phi) is 11.8. The van der Waals surface area contributed by atoms with Crippen molar-refractivity contribution in [1.82, 2.24) is 20.4 Å². The highest BCUT2D eigenvalue weighted by Gasteiger charge is 2.31. The highest BCUT2D eigenvalue weighted by molar-refractivity contribution is 7.19. The van der Waals surface area contributed by atoms with E-state index in [9.17, 15) is 0 Å². The first-order valence-corrected chi connectivity index (χ1v) is 24.6. The van der Waals surface area contributed by atoms with E-state index in [1.165, 1.54) is 75.7 Å². The van der Waals surface area contributed by atoms with E-state index in [-0.39, 0.29) is 0 Å². The van der Waals surface area contributed by atoms with Gasteiger partial charge in [-0.2, -0.15) is 9.13 Å². The van der Waals surface area contributed by atoms with E-state index in [1.54, 1.807) is 0 Å². The van der Waals surface area contributed by atoms with Gasteiger partial charge >= 0.3 is 0 Å². The molecule has 6 aromatic carbocycles. The lowest BCUT2D eigenvalue weighted by molar-refractivity contribution is -0.642. The first kappa shape index (κ1) is 41.9. The number of aryl methyl sites for hydroxylation is 2. The second-order valence-corrected chi connectivity index (χ2v) is 19.1. The molecule has 2 N–H and O–H groups in total. The molecule has 8 nitrogen and oxygen atoms in total. The van der Waals surface area contributed by atoms with Crippen LogP contribution in [0.25, 0.3) is 43.7 Å². The molecule has 2 aromatic heterocycles. The van der Waals surface area contributed by atoms with Gasteiger partial charge in [0.1, 0.15) is 35.1 Å². The molecule has 328 valence electrons. The number of para-hydroxylation sites is 6. The van der Waals surface area contributed by atoms with Crippen LogP contribution in [-0.4, -0.2) is 62.2 Å². The number of allylic oxidation sites excluding steroid dienone is 4. The lowest BCUT2D eigenvalue weighted by Gasteiger charge is -2.41. The van der Waals surface area contributed by atoms with Crippen LogP contribution in [0.4, 0.5) is 22.7 Å². The molecule has 0 unspecified atom stereocenters. The van der Waals surface area contributed by atoms with Crippen molar-refractivity contribution in [1.29, 1.82) is 0 Å². The summed E-state index contributed by atoms with van der Waals surface area (Å²) in [5.41, 5.74) is 12.1. The first-order valence-electron chi connectivity index (χ1n) is 23.0. The van der Waals surface area contributed by atoms with E-state index in [4.69, 9.17) is 0 Å². The fourth-order valence-corrected chi connectivity index (χ4v) is 11.8. The van der Waals surface area contributed by atoms with E-state index in [2.05, 4.69) is 235 Å². The topological polar surface area (TPSA) is 44.8 Å². The summed E-state index contributed by atoms with van der Waals surface area (Å²) >= 11 is 3.69. The molecule has 11 rings (SSSR count). The number of fused-ring (bicyclic) bond motifs is 4. The van der Waals surface area contributed by atoms with Gasteiger partial charge in [-0.25, -0.2) is 0 Å². The lowest BCUT2D eigenvalue weighted by Crippen LogP contribution is -2.46. The summed E-state index contributed by atoms with van der Waals surface area (Å²) in [6.45, 7) is 6.80. The summed E-state index contributed by atoms with van der Waals surface area (Å²) in [6, 6.07) is 56.8. The van der Waals surface area contributed by atoms with Gasteiger partial charge in [-0.05, 0) is 71.8 Å². The van der Waals surface area contributed by atoms with Crippen LogP contribution in [0.5, 0.6) is 0 Å². The van der Waals surface area contributed by atoms with E-state index in [0.29, 0.717) is 0 Å². The number of benzene rings is 6. The Balaban J connectivity index is 0.908. The van der Waals surface area contributed by atoms with E-state index in [1.807, 2.05) is 22.7 Å². The summed E-state index contributed by atoms with van der Waals surface area (Å²) in [6.07, 6.45) is 9.60. The predicted molar refractivity (Wildman–Crippen MR) is 277 cm³/mol. The highest BCUT2D eigenvalue weighted by Crippen LogP contribution is 2.44. The number of thiazole rings is 2. The van der Waals surface area contributed by atoms with Crippen molar-refractivity contribution in [3.63, 3.8) is 0 Å². The maximum Gasteiger partial charge on any atom is 0.263 e. The largest absolute Gasteiger partial charge is 0.355 e. The molecule has 0 bridgehead atoms. The summed E-state index contributed by atoms with van der Waals surface area (Å²) in [5, 5.41) is 10.3. The Labute approximate surface area is 395 Å². The van der Waals surface area contributed by atoms with Crippen LogP contribution < -0.4 is 29.6 Å². The molecule has 0 amide bonds. The number of nitrogens with zero attached hydrogens (tertiary/aromatic N) is 6. The number of nitrogens with one attached hydrogen (secondary N) is 2. The number of hydrogen-bond acceptors (Lipinski definition) is 8. The molecule has 8 aromatic rings. The number of hydrogen-bond donors (Lipinski definition) is 2. The standard InChI is InChI=1S/C56H54N8S2/c1-59-49-25-13-15-27-51(49)65-55(59)39-41-37-53(63(43-17-5-3-6-18-43)47-23-11-9-21-45(41)47)61-33-29-57-31-35-62(36-32-58-30-34-61)54-38-42(40-56-60(2)50-26-14-16-28-52(50)66-56)46-22-10-12-24-48(46)64(54)44-19-7-4-8-20-44/h3-28,37-40,57-58H,29-36H2,1-2H3/q+2. The minimum Gasteiger partial charge on any atom is -0.355 e. The van der Waals surface area contributed by atoms with Crippen LogP contribution in [0.1, 0.15) is 21.1 Å². The Morgan fingerprint density at radius 1 is 0.439 bits per heavy atom. The van der Waals surface area contributed by atoms with Gasteiger partial charge in [-0.3, -0.25) is 9.80 Å². The summed E-state index contributed by atoms with van der Waals surface area (Å²) in [5.74, 6) is 2.38. The lowest BCUT2D eigenvalue weighted by atomic mass is 9.97. The van der Waals surface area contributed by atoms with Crippen molar-refractivity contribution in [2.75, 3.05) is 62.2 Å². The maximum absolute atomic E-state index is 3.91. The van der Waals surface area contributed by atoms with Gasteiger partial charge in [0.25, 0.3) is 10.0 Å². The van der Waals surface area contributed by atoms with Crippen molar-refractivity contribution in [2.45, 2.75) is 0 Å².